The van der Waals surface area contributed by atoms with E-state index in [1.165, 1.54) is 12.3 Å². The van der Waals surface area contributed by atoms with Crippen molar-refractivity contribution in [3.8, 4) is 11.5 Å². The van der Waals surface area contributed by atoms with Crippen LogP contribution in [0, 0.1) is 0 Å². The van der Waals surface area contributed by atoms with Crippen molar-refractivity contribution < 1.29 is 47.5 Å². The number of nitrogens with two attached hydrogens (primary N) is 1. The molecule has 0 radical (unpaired) electrons. The summed E-state index contributed by atoms with van der Waals surface area (Å²) in [5.41, 5.74) is 4.26. The number of hydrogen-bond donors (Lipinski definition) is 6. The van der Waals surface area contributed by atoms with Crippen molar-refractivity contribution in [3.63, 3.8) is 0 Å². The van der Waals surface area contributed by atoms with Crippen molar-refractivity contribution in [2.45, 2.75) is 32.2 Å². The summed E-state index contributed by atoms with van der Waals surface area (Å²) in [5, 5.41) is 36.1. The van der Waals surface area contributed by atoms with Crippen molar-refractivity contribution in [3.05, 3.63) is 45.2 Å². The highest BCUT2D eigenvalue weighted by molar-refractivity contribution is 7.84. The van der Waals surface area contributed by atoms with Crippen LogP contribution in [0.25, 0.3) is 10.9 Å². The van der Waals surface area contributed by atoms with Crippen LogP contribution in [0.1, 0.15) is 18.2 Å². The van der Waals surface area contributed by atoms with E-state index < -0.39 is 76.0 Å². The molecule has 1 fully saturated rings. The minimum atomic E-state index is -4.83. The molecule has 19 heteroatoms. The number of carboxylic acid groups (broad SMARTS) is 1. The van der Waals surface area contributed by atoms with Gasteiger partial charge in [-0.05, 0) is 13.0 Å². The van der Waals surface area contributed by atoms with Crippen LogP contribution < -0.4 is 16.5 Å². The average Bonchev–Trinajstić information content (AvgIpc) is 3.28. The third-order valence-electron chi connectivity index (χ3n) is 5.78. The van der Waals surface area contributed by atoms with Crippen molar-refractivity contribution in [2.24, 2.45) is 5.16 Å². The second-order valence-electron chi connectivity index (χ2n) is 8.45. The number of phenols is 2. The average molecular weight is 597 g/mol. The number of carboxylic acids is 1. The van der Waals surface area contributed by atoms with Crippen molar-refractivity contribution in [1.82, 2.24) is 19.2 Å². The van der Waals surface area contributed by atoms with E-state index in [-0.39, 0.29) is 31.6 Å². The molecule has 2 atom stereocenters. The number of nitrogen functional groups attached to an aromatic ring is 1. The molecule has 0 bridgehead atoms. The molecule has 40 heavy (non-hydrogen) atoms. The van der Waals surface area contributed by atoms with Gasteiger partial charge in [0.2, 0.25) is 0 Å². The van der Waals surface area contributed by atoms with Crippen molar-refractivity contribution >= 4 is 61.2 Å². The molecule has 4 rings (SSSR count). The summed E-state index contributed by atoms with van der Waals surface area (Å²) >= 11 is 0.947. The molecule has 17 nitrogen and oxygen atoms in total. The highest BCUT2D eigenvalue weighted by Crippen LogP contribution is 2.29. The smallest absolute Gasteiger partial charge is 0.362 e. The van der Waals surface area contributed by atoms with Gasteiger partial charge >= 0.3 is 16.3 Å². The number of amides is 2. The molecule has 0 spiro atoms. The number of anilines is 1. The van der Waals surface area contributed by atoms with E-state index in [4.69, 9.17) is 15.1 Å². The fraction of sp³-hybridized carbons (Fsp3) is 0.238. The number of aliphatic carboxylic acids is 1. The van der Waals surface area contributed by atoms with Crippen LogP contribution in [0.3, 0.4) is 0 Å². The quantitative estimate of drug-likeness (QED) is 0.0568. The zero-order valence-electron chi connectivity index (χ0n) is 20.2. The number of aromatic nitrogens is 2. The van der Waals surface area contributed by atoms with Crippen LogP contribution in [0.15, 0.2) is 33.7 Å². The Labute approximate surface area is 227 Å². The summed E-state index contributed by atoms with van der Waals surface area (Å²) in [5.74, 6) is -4.57. The van der Waals surface area contributed by atoms with E-state index in [1.807, 2.05) is 0 Å². The molecule has 1 aromatic carbocycles. The van der Waals surface area contributed by atoms with E-state index in [2.05, 4.69) is 15.5 Å². The van der Waals surface area contributed by atoms with Crippen LogP contribution in [0.5, 0.6) is 11.5 Å². The lowest BCUT2D eigenvalue weighted by Gasteiger charge is -2.42. The second-order valence-corrected chi connectivity index (χ2v) is 10.6. The Bertz CT molecular complexity index is 1750. The van der Waals surface area contributed by atoms with Gasteiger partial charge in [-0.1, -0.05) is 5.16 Å². The SMILES string of the molecule is C[C@H]1[C@@H](NC(=O)/C(=N\OCc2cn(CC(=O)O)c3cc(O)c(O)cc3c2=O)c2csc(N)n2)C(=O)N1S(=O)(=O)O. The van der Waals surface area contributed by atoms with E-state index in [9.17, 15) is 42.9 Å². The van der Waals surface area contributed by atoms with Crippen LogP contribution in [0.2, 0.25) is 0 Å². The van der Waals surface area contributed by atoms with Gasteiger partial charge in [-0.25, -0.2) is 9.29 Å². The number of benzene rings is 1. The van der Waals surface area contributed by atoms with Crippen molar-refractivity contribution in [1.29, 1.82) is 0 Å². The van der Waals surface area contributed by atoms with Gasteiger partial charge in [0.05, 0.1) is 22.5 Å². The molecule has 3 aromatic rings. The monoisotopic (exact) mass is 596 g/mol. The maximum absolute atomic E-state index is 13.0. The Hall–Kier alpha value is -4.75. The number of oxime groups is 1. The summed E-state index contributed by atoms with van der Waals surface area (Å²) in [6.07, 6.45) is 1.14. The molecular formula is C21H20N6O11S2. The van der Waals surface area contributed by atoms with E-state index in [0.29, 0.717) is 0 Å². The highest BCUT2D eigenvalue weighted by Gasteiger charge is 2.51. The zero-order chi connectivity index (χ0) is 29.5. The van der Waals surface area contributed by atoms with Gasteiger partial charge in [0.15, 0.2) is 27.8 Å². The normalized spacial score (nSPS) is 17.5. The largest absolute Gasteiger partial charge is 0.504 e. The number of carbonyl (C=O) groups excluding carboxylic acids is 2. The van der Waals surface area contributed by atoms with E-state index in [1.54, 1.807) is 0 Å². The Morgan fingerprint density at radius 3 is 2.50 bits per heavy atom. The minimum absolute atomic E-state index is 0.0196. The maximum Gasteiger partial charge on any atom is 0.362 e. The number of nitrogens with zero attached hydrogens (tertiary/aromatic N) is 4. The number of thiazole rings is 1. The van der Waals surface area contributed by atoms with Crippen LogP contribution >= 0.6 is 11.3 Å². The Morgan fingerprint density at radius 1 is 1.25 bits per heavy atom. The molecule has 2 aromatic heterocycles. The first kappa shape index (κ1) is 28.3. The molecule has 1 aliphatic rings. The van der Waals surface area contributed by atoms with E-state index in [0.717, 1.165) is 34.2 Å². The predicted molar refractivity (Wildman–Crippen MR) is 137 cm³/mol. The Morgan fingerprint density at radius 2 is 1.93 bits per heavy atom. The lowest BCUT2D eigenvalue weighted by Crippen LogP contribution is -2.71. The standard InChI is InChI=1S/C21H20N6O11S2/c1-8-16(20(34)27(8)40(35,36)37)24-19(33)17(11-7-39-21(22)23-11)25-38-6-9-4-26(5-15(30)31)12-3-14(29)13(28)2-10(12)18(9)32/h2-4,7-8,16,28-29H,5-6H2,1H3,(H2,22,23)(H,24,33)(H,30,31)(H,35,36,37)/b25-17-/t8-,16+/m0/s1. The third-order valence-corrected chi connectivity index (χ3v) is 7.47. The maximum atomic E-state index is 13.0. The molecule has 7 N–H and O–H groups in total. The van der Waals surface area contributed by atoms with Gasteiger partial charge in [-0.15, -0.1) is 11.3 Å². The summed E-state index contributed by atoms with van der Waals surface area (Å²) in [7, 11) is -4.83. The molecule has 1 aliphatic heterocycles. The lowest BCUT2D eigenvalue weighted by molar-refractivity contribution is -0.144. The summed E-state index contributed by atoms with van der Waals surface area (Å²) in [6, 6.07) is -0.459. The number of aromatic hydroxyl groups is 2. The molecule has 0 unspecified atom stereocenters. The van der Waals surface area contributed by atoms with Gasteiger partial charge in [0, 0.05) is 17.6 Å². The minimum Gasteiger partial charge on any atom is -0.504 e. The molecule has 212 valence electrons. The highest BCUT2D eigenvalue weighted by atomic mass is 32.2. The van der Waals surface area contributed by atoms with E-state index >= 15 is 0 Å². The van der Waals surface area contributed by atoms with Gasteiger partial charge < -0.3 is 35.8 Å². The molecule has 1 saturated heterocycles. The number of rotatable bonds is 9. The van der Waals surface area contributed by atoms with Gasteiger partial charge in [0.1, 0.15) is 24.9 Å². The van der Waals surface area contributed by atoms with Crippen LogP contribution in [-0.2, 0) is 42.7 Å². The van der Waals surface area contributed by atoms with Crippen LogP contribution in [0.4, 0.5) is 5.13 Å². The number of fused-ring (bicyclic) bond motifs is 1. The number of β-lactam (4-membered cyclic amide) rings is 1. The predicted octanol–water partition coefficient (Wildman–Crippen LogP) is -1.02. The first-order valence-electron chi connectivity index (χ1n) is 11.0. The van der Waals surface area contributed by atoms with Gasteiger partial charge in [-0.3, -0.25) is 23.7 Å². The lowest BCUT2D eigenvalue weighted by atomic mass is 10.0. The first-order chi connectivity index (χ1) is 18.7. The topological polar surface area (TPSA) is 264 Å². The Balaban J connectivity index is 1.63. The number of pyridine rings is 1. The fourth-order valence-electron chi connectivity index (χ4n) is 3.93. The summed E-state index contributed by atoms with van der Waals surface area (Å²) < 4.78 is 33.1. The second kappa shape index (κ2) is 10.4. The summed E-state index contributed by atoms with van der Waals surface area (Å²) in [6.45, 7) is 0.0621. The summed E-state index contributed by atoms with van der Waals surface area (Å²) in [4.78, 5) is 58.6. The number of nitrogens with one attached hydrogen (secondary N) is 1. The first-order valence-corrected chi connectivity index (χ1v) is 13.3. The van der Waals surface area contributed by atoms with Gasteiger partial charge in [0.25, 0.3) is 11.8 Å². The molecule has 0 saturated carbocycles. The third kappa shape index (κ3) is 5.37. The zero-order valence-corrected chi connectivity index (χ0v) is 21.8. The Kier molecular flexibility index (Phi) is 7.37. The number of phenolic OH excluding ortho intramolecular Hbond substituents is 2. The molecule has 0 aliphatic carbocycles. The van der Waals surface area contributed by atoms with Crippen LogP contribution in [-0.4, -0.2) is 77.7 Å². The molecule has 2 amide bonds. The van der Waals surface area contributed by atoms with Crippen molar-refractivity contribution in [2.75, 3.05) is 5.73 Å². The fourth-order valence-corrected chi connectivity index (χ4v) is 5.36. The molecular weight excluding hydrogens is 576 g/mol. The van der Waals surface area contributed by atoms with Gasteiger partial charge in [-0.2, -0.15) is 8.42 Å². The number of carbonyl (C=O) groups is 3. The number of hydrogen-bond acceptors (Lipinski definition) is 13. The molecule has 3 heterocycles.